The van der Waals surface area contributed by atoms with Gasteiger partial charge in [0, 0.05) is 15.1 Å². The summed E-state index contributed by atoms with van der Waals surface area (Å²) < 4.78 is 27.7. The summed E-state index contributed by atoms with van der Waals surface area (Å²) in [6.45, 7) is 0. The van der Waals surface area contributed by atoms with Crippen molar-refractivity contribution in [3.63, 3.8) is 0 Å². The van der Waals surface area contributed by atoms with Crippen molar-refractivity contribution >= 4 is 21.4 Å². The second kappa shape index (κ2) is 4.72. The molecule has 0 radical (unpaired) electrons. The second-order valence-electron chi connectivity index (χ2n) is 4.33. The van der Waals surface area contributed by atoms with Crippen LogP contribution in [0.5, 0.6) is 0 Å². The summed E-state index contributed by atoms with van der Waals surface area (Å²) in [5.41, 5.74) is 6.55. The Kier molecular flexibility index (Phi) is 3.05. The van der Waals surface area contributed by atoms with Crippen molar-refractivity contribution in [1.29, 1.82) is 0 Å². The quantitative estimate of drug-likeness (QED) is 0.744. The van der Waals surface area contributed by atoms with Crippen LogP contribution in [0.3, 0.4) is 0 Å². The zero-order valence-corrected chi connectivity index (χ0v) is 10.8. The van der Waals surface area contributed by atoms with Gasteiger partial charge in [0.25, 0.3) is 0 Å². The average Bonchev–Trinajstić information content (AvgIpc) is 2.81. The number of nitrogens with two attached hydrogens (primary N) is 1. The largest absolute Gasteiger partial charge is 0.320 e. The van der Waals surface area contributed by atoms with Crippen molar-refractivity contribution in [1.82, 2.24) is 0 Å². The Morgan fingerprint density at radius 2 is 1.79 bits per heavy atom. The van der Waals surface area contributed by atoms with Gasteiger partial charge in [0.2, 0.25) is 0 Å². The van der Waals surface area contributed by atoms with Crippen molar-refractivity contribution in [3.8, 4) is 0 Å². The zero-order valence-electron chi connectivity index (χ0n) is 9.94. The van der Waals surface area contributed by atoms with Gasteiger partial charge in [-0.3, -0.25) is 0 Å². The van der Waals surface area contributed by atoms with E-state index < -0.39 is 6.04 Å². The molecule has 0 saturated carbocycles. The van der Waals surface area contributed by atoms with Crippen LogP contribution in [0.25, 0.3) is 10.1 Å². The Balaban J connectivity index is 2.07. The van der Waals surface area contributed by atoms with Gasteiger partial charge in [-0.1, -0.05) is 24.3 Å². The molecule has 19 heavy (non-hydrogen) atoms. The van der Waals surface area contributed by atoms with Gasteiger partial charge in [-0.15, -0.1) is 11.3 Å². The second-order valence-corrected chi connectivity index (χ2v) is 5.45. The lowest BCUT2D eigenvalue weighted by atomic mass is 10.1. The number of rotatable bonds is 2. The van der Waals surface area contributed by atoms with Crippen LogP contribution in [-0.2, 0) is 0 Å². The van der Waals surface area contributed by atoms with Gasteiger partial charge in [0.1, 0.15) is 11.6 Å². The van der Waals surface area contributed by atoms with Crippen molar-refractivity contribution in [2.24, 2.45) is 5.73 Å². The van der Waals surface area contributed by atoms with Crippen molar-refractivity contribution in [2.75, 3.05) is 0 Å². The molecule has 2 N–H and O–H groups in total. The number of benzene rings is 2. The minimum absolute atomic E-state index is 0.277. The highest BCUT2D eigenvalue weighted by Gasteiger charge is 2.15. The lowest BCUT2D eigenvalue weighted by Crippen LogP contribution is -2.11. The predicted octanol–water partition coefficient (Wildman–Crippen LogP) is 4.23. The highest BCUT2D eigenvalue weighted by molar-refractivity contribution is 7.19. The standard InChI is InChI=1S/C15H11F2NS/c16-10-6-5-9-7-14(19-13(9)8-10)15(18)11-3-1-2-4-12(11)17/h1-8,15H,18H2. The van der Waals surface area contributed by atoms with Gasteiger partial charge in [-0.05, 0) is 29.7 Å². The van der Waals surface area contributed by atoms with Gasteiger partial charge in [-0.25, -0.2) is 8.78 Å². The molecule has 2 aromatic carbocycles. The molecule has 0 fully saturated rings. The van der Waals surface area contributed by atoms with E-state index in [1.807, 2.05) is 6.07 Å². The van der Waals surface area contributed by atoms with Crippen molar-refractivity contribution in [2.45, 2.75) is 6.04 Å². The first-order valence-corrected chi connectivity index (χ1v) is 6.66. The maximum atomic E-state index is 13.7. The molecule has 4 heteroatoms. The summed E-state index contributed by atoms with van der Waals surface area (Å²) in [6.07, 6.45) is 0. The average molecular weight is 275 g/mol. The summed E-state index contributed by atoms with van der Waals surface area (Å²) in [5, 5.41) is 0.924. The van der Waals surface area contributed by atoms with Gasteiger partial charge in [-0.2, -0.15) is 0 Å². The minimum Gasteiger partial charge on any atom is -0.320 e. The molecule has 1 unspecified atom stereocenters. The SMILES string of the molecule is NC(c1cc2ccc(F)cc2s1)c1ccccc1F. The Bertz CT molecular complexity index is 736. The number of hydrogen-bond acceptors (Lipinski definition) is 2. The molecular weight excluding hydrogens is 264 g/mol. The minimum atomic E-state index is -0.526. The van der Waals surface area contributed by atoms with E-state index in [9.17, 15) is 8.78 Å². The fraction of sp³-hybridized carbons (Fsp3) is 0.0667. The van der Waals surface area contributed by atoms with Gasteiger partial charge < -0.3 is 5.73 Å². The van der Waals surface area contributed by atoms with E-state index in [4.69, 9.17) is 5.73 Å². The maximum Gasteiger partial charge on any atom is 0.128 e. The molecule has 1 nitrogen and oxygen atoms in total. The van der Waals surface area contributed by atoms with E-state index in [0.717, 1.165) is 15.0 Å². The number of halogens is 2. The molecule has 0 saturated heterocycles. The Morgan fingerprint density at radius 1 is 1.00 bits per heavy atom. The monoisotopic (exact) mass is 275 g/mol. The topological polar surface area (TPSA) is 26.0 Å². The highest BCUT2D eigenvalue weighted by Crippen LogP contribution is 2.33. The fourth-order valence-electron chi connectivity index (χ4n) is 2.06. The molecule has 0 spiro atoms. The first kappa shape index (κ1) is 12.3. The zero-order chi connectivity index (χ0) is 13.4. The summed E-state index contributed by atoms with van der Waals surface area (Å²) in [4.78, 5) is 0.825. The molecule has 1 heterocycles. The molecular formula is C15H11F2NS. The molecule has 3 rings (SSSR count). The van der Waals surface area contributed by atoms with Crippen LogP contribution >= 0.6 is 11.3 Å². The first-order chi connectivity index (χ1) is 9.15. The molecule has 96 valence electrons. The first-order valence-electron chi connectivity index (χ1n) is 5.84. The molecule has 0 bridgehead atoms. The lowest BCUT2D eigenvalue weighted by molar-refractivity contribution is 0.601. The van der Waals surface area contributed by atoms with E-state index in [1.54, 1.807) is 24.3 Å². The van der Waals surface area contributed by atoms with E-state index >= 15 is 0 Å². The summed E-state index contributed by atoms with van der Waals surface area (Å²) in [6, 6.07) is 12.4. The summed E-state index contributed by atoms with van der Waals surface area (Å²) in [5.74, 6) is -0.598. The molecule has 1 atom stereocenters. The lowest BCUT2D eigenvalue weighted by Gasteiger charge is -2.10. The predicted molar refractivity (Wildman–Crippen MR) is 74.2 cm³/mol. The van der Waals surface area contributed by atoms with E-state index in [-0.39, 0.29) is 11.6 Å². The fourth-order valence-corrected chi connectivity index (χ4v) is 3.17. The molecule has 1 aromatic heterocycles. The van der Waals surface area contributed by atoms with E-state index in [0.29, 0.717) is 5.56 Å². The number of hydrogen-bond donors (Lipinski definition) is 1. The van der Waals surface area contributed by atoms with Crippen molar-refractivity contribution < 1.29 is 8.78 Å². The van der Waals surface area contributed by atoms with Gasteiger partial charge in [0.05, 0.1) is 6.04 Å². The van der Waals surface area contributed by atoms with Crippen LogP contribution in [0.2, 0.25) is 0 Å². The third-order valence-corrected chi connectivity index (χ3v) is 4.23. The van der Waals surface area contributed by atoms with Crippen molar-refractivity contribution in [3.05, 3.63) is 70.6 Å². The van der Waals surface area contributed by atoms with Gasteiger partial charge in [0.15, 0.2) is 0 Å². The van der Waals surface area contributed by atoms with Crippen LogP contribution in [0.15, 0.2) is 48.5 Å². The highest BCUT2D eigenvalue weighted by atomic mass is 32.1. The smallest absolute Gasteiger partial charge is 0.128 e. The Hall–Kier alpha value is -1.78. The normalized spacial score (nSPS) is 12.8. The molecule has 0 aliphatic rings. The summed E-state index contributed by atoms with van der Waals surface area (Å²) in [7, 11) is 0. The summed E-state index contributed by atoms with van der Waals surface area (Å²) >= 11 is 1.39. The Morgan fingerprint density at radius 3 is 2.58 bits per heavy atom. The van der Waals surface area contributed by atoms with Gasteiger partial charge >= 0.3 is 0 Å². The van der Waals surface area contributed by atoms with Crippen LogP contribution < -0.4 is 5.73 Å². The maximum absolute atomic E-state index is 13.7. The molecule has 3 aromatic rings. The third kappa shape index (κ3) is 2.25. The molecule has 0 aliphatic carbocycles. The molecule has 0 amide bonds. The number of fused-ring (bicyclic) bond motifs is 1. The van der Waals surface area contributed by atoms with E-state index in [2.05, 4.69) is 0 Å². The van der Waals surface area contributed by atoms with E-state index in [1.165, 1.54) is 29.5 Å². The number of thiophene rings is 1. The van der Waals surface area contributed by atoms with Crippen LogP contribution in [0.1, 0.15) is 16.5 Å². The van der Waals surface area contributed by atoms with Crippen LogP contribution in [0.4, 0.5) is 8.78 Å². The Labute approximate surface area is 113 Å². The van der Waals surface area contributed by atoms with Crippen LogP contribution in [0, 0.1) is 11.6 Å². The molecule has 0 aliphatic heterocycles. The third-order valence-electron chi connectivity index (χ3n) is 3.05. The van der Waals surface area contributed by atoms with Crippen LogP contribution in [-0.4, -0.2) is 0 Å².